The molecule has 0 aromatic heterocycles. The van der Waals surface area contributed by atoms with Gasteiger partial charge in [0.2, 0.25) is 0 Å². The fourth-order valence-corrected chi connectivity index (χ4v) is 4.55. The van der Waals surface area contributed by atoms with Gasteiger partial charge in [-0.15, -0.1) is 0 Å². The lowest BCUT2D eigenvalue weighted by Gasteiger charge is -2.20. The number of aryl methyl sites for hydroxylation is 1. The summed E-state index contributed by atoms with van der Waals surface area (Å²) in [6.45, 7) is 2.03. The SMILES string of the molecule is Cc1ccc(-c2ccccc2C(=O)Nc2ccc(C(=O)N(C)c3ccccc3/C=C\CCCCC(=O)O)cc2)cc1. The van der Waals surface area contributed by atoms with Crippen LogP contribution in [0.3, 0.4) is 0 Å². The highest BCUT2D eigenvalue weighted by atomic mass is 16.4. The lowest BCUT2D eigenvalue weighted by atomic mass is 9.98. The van der Waals surface area contributed by atoms with Crippen LogP contribution >= 0.6 is 0 Å². The molecule has 0 aliphatic rings. The average molecular weight is 547 g/mol. The molecule has 0 bridgehead atoms. The molecule has 0 radical (unpaired) electrons. The van der Waals surface area contributed by atoms with E-state index in [1.54, 1.807) is 42.3 Å². The molecular formula is C35H34N2O4. The molecule has 0 spiro atoms. The van der Waals surface area contributed by atoms with Crippen LogP contribution in [0.2, 0.25) is 0 Å². The third-order valence-corrected chi connectivity index (χ3v) is 6.84. The molecule has 4 aromatic rings. The Morgan fingerprint density at radius 2 is 1.51 bits per heavy atom. The van der Waals surface area contributed by atoms with Crippen LogP contribution in [-0.4, -0.2) is 29.9 Å². The Balaban J connectivity index is 1.42. The Morgan fingerprint density at radius 3 is 2.24 bits per heavy atom. The summed E-state index contributed by atoms with van der Waals surface area (Å²) in [6.07, 6.45) is 6.34. The van der Waals surface area contributed by atoms with E-state index in [2.05, 4.69) is 5.32 Å². The van der Waals surface area contributed by atoms with Crippen molar-refractivity contribution >= 4 is 35.2 Å². The number of carbonyl (C=O) groups is 3. The van der Waals surface area contributed by atoms with Crippen molar-refractivity contribution in [1.82, 2.24) is 0 Å². The van der Waals surface area contributed by atoms with E-state index < -0.39 is 5.97 Å². The molecule has 6 nitrogen and oxygen atoms in total. The number of hydrogen-bond donors (Lipinski definition) is 2. The molecule has 0 saturated heterocycles. The molecular weight excluding hydrogens is 512 g/mol. The third kappa shape index (κ3) is 7.79. The number of hydrogen-bond acceptors (Lipinski definition) is 3. The number of amides is 2. The maximum absolute atomic E-state index is 13.3. The Hall–Kier alpha value is -4.97. The zero-order valence-corrected chi connectivity index (χ0v) is 23.3. The first-order chi connectivity index (χ1) is 19.8. The summed E-state index contributed by atoms with van der Waals surface area (Å²) in [5, 5.41) is 11.7. The van der Waals surface area contributed by atoms with Crippen LogP contribution in [0.1, 0.15) is 57.5 Å². The van der Waals surface area contributed by atoms with Gasteiger partial charge in [0.15, 0.2) is 0 Å². The van der Waals surface area contributed by atoms with Gasteiger partial charge in [0, 0.05) is 30.3 Å². The number of nitrogens with one attached hydrogen (secondary N) is 1. The van der Waals surface area contributed by atoms with Crippen molar-refractivity contribution in [2.75, 3.05) is 17.3 Å². The summed E-state index contributed by atoms with van der Waals surface area (Å²) in [4.78, 5) is 38.8. The molecule has 6 heteroatoms. The third-order valence-electron chi connectivity index (χ3n) is 6.84. The molecule has 2 amide bonds. The predicted molar refractivity (Wildman–Crippen MR) is 165 cm³/mol. The summed E-state index contributed by atoms with van der Waals surface area (Å²) >= 11 is 0. The number of carboxylic acids is 1. The van der Waals surface area contributed by atoms with E-state index in [0.717, 1.165) is 40.8 Å². The van der Waals surface area contributed by atoms with Crippen LogP contribution in [-0.2, 0) is 4.79 Å². The van der Waals surface area contributed by atoms with E-state index in [1.165, 1.54) is 0 Å². The average Bonchev–Trinajstić information content (AvgIpc) is 2.99. The molecule has 0 unspecified atom stereocenters. The maximum atomic E-state index is 13.3. The number of benzene rings is 4. The molecule has 0 heterocycles. The van der Waals surface area contributed by atoms with Gasteiger partial charge >= 0.3 is 5.97 Å². The molecule has 0 atom stereocenters. The molecule has 41 heavy (non-hydrogen) atoms. The van der Waals surface area contributed by atoms with Gasteiger partial charge in [0.25, 0.3) is 11.8 Å². The first-order valence-corrected chi connectivity index (χ1v) is 13.7. The molecule has 0 aliphatic carbocycles. The number of rotatable bonds is 11. The summed E-state index contributed by atoms with van der Waals surface area (Å²) in [7, 11) is 1.74. The fourth-order valence-electron chi connectivity index (χ4n) is 4.55. The van der Waals surface area contributed by atoms with Gasteiger partial charge in [-0.3, -0.25) is 14.4 Å². The number of carboxylic acid groups (broad SMARTS) is 1. The van der Waals surface area contributed by atoms with Gasteiger partial charge in [-0.2, -0.15) is 0 Å². The Morgan fingerprint density at radius 1 is 0.829 bits per heavy atom. The molecule has 0 saturated carbocycles. The van der Waals surface area contributed by atoms with E-state index in [4.69, 9.17) is 5.11 Å². The van der Waals surface area contributed by atoms with Gasteiger partial charge in [-0.25, -0.2) is 0 Å². The van der Waals surface area contributed by atoms with Crippen LogP contribution < -0.4 is 10.2 Å². The van der Waals surface area contributed by atoms with Crippen LogP contribution in [0.5, 0.6) is 0 Å². The number of para-hydroxylation sites is 1. The highest BCUT2D eigenvalue weighted by molar-refractivity contribution is 6.10. The lowest BCUT2D eigenvalue weighted by molar-refractivity contribution is -0.137. The van der Waals surface area contributed by atoms with Gasteiger partial charge in [0.1, 0.15) is 0 Å². The number of unbranched alkanes of at least 4 members (excludes halogenated alkanes) is 2. The second-order valence-corrected chi connectivity index (χ2v) is 9.91. The van der Waals surface area contributed by atoms with Gasteiger partial charge in [0.05, 0.1) is 5.69 Å². The maximum Gasteiger partial charge on any atom is 0.303 e. The summed E-state index contributed by atoms with van der Waals surface area (Å²) in [5.74, 6) is -1.17. The van der Waals surface area contributed by atoms with Crippen LogP contribution in [0.4, 0.5) is 11.4 Å². The Kier molecular flexibility index (Phi) is 9.84. The zero-order chi connectivity index (χ0) is 29.2. The van der Waals surface area contributed by atoms with Crippen molar-refractivity contribution in [3.05, 3.63) is 125 Å². The van der Waals surface area contributed by atoms with Crippen molar-refractivity contribution in [3.8, 4) is 11.1 Å². The first-order valence-electron chi connectivity index (χ1n) is 13.7. The molecule has 0 fully saturated rings. The normalized spacial score (nSPS) is 10.9. The fraction of sp³-hybridized carbons (Fsp3) is 0.171. The van der Waals surface area contributed by atoms with Crippen LogP contribution in [0, 0.1) is 6.92 Å². The number of nitrogens with zero attached hydrogens (tertiary/aromatic N) is 1. The van der Waals surface area contributed by atoms with E-state index in [1.807, 2.05) is 85.8 Å². The molecule has 208 valence electrons. The predicted octanol–water partition coefficient (Wildman–Crippen LogP) is 7.85. The molecule has 2 N–H and O–H groups in total. The topological polar surface area (TPSA) is 86.7 Å². The number of anilines is 2. The second-order valence-electron chi connectivity index (χ2n) is 9.91. The van der Waals surface area contributed by atoms with Crippen molar-refractivity contribution in [3.63, 3.8) is 0 Å². The highest BCUT2D eigenvalue weighted by Crippen LogP contribution is 2.26. The van der Waals surface area contributed by atoms with Crippen LogP contribution in [0.15, 0.2) is 103 Å². The van der Waals surface area contributed by atoms with Crippen LogP contribution in [0.25, 0.3) is 17.2 Å². The minimum Gasteiger partial charge on any atom is -0.481 e. The summed E-state index contributed by atoms with van der Waals surface area (Å²) < 4.78 is 0. The first kappa shape index (κ1) is 29.0. The smallest absolute Gasteiger partial charge is 0.303 e. The van der Waals surface area contributed by atoms with Gasteiger partial charge in [-0.1, -0.05) is 78.4 Å². The molecule has 4 rings (SSSR count). The van der Waals surface area contributed by atoms with Gasteiger partial charge < -0.3 is 15.3 Å². The van der Waals surface area contributed by atoms with E-state index >= 15 is 0 Å². The van der Waals surface area contributed by atoms with E-state index in [0.29, 0.717) is 23.2 Å². The minimum atomic E-state index is -0.779. The van der Waals surface area contributed by atoms with Gasteiger partial charge in [-0.05, 0) is 79.3 Å². The van der Waals surface area contributed by atoms with E-state index in [-0.39, 0.29) is 18.2 Å². The number of carbonyl (C=O) groups excluding carboxylic acids is 2. The second kappa shape index (κ2) is 13.9. The summed E-state index contributed by atoms with van der Waals surface area (Å²) in [6, 6.07) is 30.1. The minimum absolute atomic E-state index is 0.171. The van der Waals surface area contributed by atoms with Crippen molar-refractivity contribution in [2.24, 2.45) is 0 Å². The Bertz CT molecular complexity index is 1540. The van der Waals surface area contributed by atoms with E-state index in [9.17, 15) is 14.4 Å². The summed E-state index contributed by atoms with van der Waals surface area (Å²) in [5.41, 5.74) is 6.31. The quantitative estimate of drug-likeness (QED) is 0.188. The largest absolute Gasteiger partial charge is 0.481 e. The lowest BCUT2D eigenvalue weighted by Crippen LogP contribution is -2.26. The number of allylic oxidation sites excluding steroid dienone is 1. The van der Waals surface area contributed by atoms with Crippen molar-refractivity contribution in [1.29, 1.82) is 0 Å². The van der Waals surface area contributed by atoms with Crippen molar-refractivity contribution in [2.45, 2.75) is 32.6 Å². The number of aliphatic carboxylic acids is 1. The Labute approximate surface area is 241 Å². The molecule has 4 aromatic carbocycles. The van der Waals surface area contributed by atoms with Crippen molar-refractivity contribution < 1.29 is 19.5 Å². The molecule has 0 aliphatic heterocycles. The zero-order valence-electron chi connectivity index (χ0n) is 23.3. The standard InChI is InChI=1S/C35H34N2O4/c1-25-17-19-26(20-18-25)30-13-8-9-14-31(30)34(40)36-29-23-21-28(22-24-29)35(41)37(2)32-15-10-7-12-27(32)11-5-3-4-6-16-33(38)39/h5,7-15,17-24H,3-4,6,16H2,1-2H3,(H,36,40)(H,38,39)/b11-5-. The highest BCUT2D eigenvalue weighted by Gasteiger charge is 2.17. The monoisotopic (exact) mass is 546 g/mol.